The third-order valence-corrected chi connectivity index (χ3v) is 14.6. The predicted octanol–water partition coefficient (Wildman–Crippen LogP) is 7.32. The zero-order valence-electron chi connectivity index (χ0n) is 38.1. The number of nitrogens with one attached hydrogen (secondary N) is 5. The summed E-state index contributed by atoms with van der Waals surface area (Å²) in [7, 11) is -1.06. The van der Waals surface area contributed by atoms with E-state index in [1.807, 2.05) is 42.5 Å². The summed E-state index contributed by atoms with van der Waals surface area (Å²) in [6.07, 6.45) is 7.60. The number of halogens is 1. The number of piperidine rings is 2. The summed E-state index contributed by atoms with van der Waals surface area (Å²) in [6, 6.07) is 17.5. The number of nitrogens with zero attached hydrogens (tertiary/aromatic N) is 5. The number of amides is 2. The zero-order chi connectivity index (χ0) is 46.5. The molecular formula is C48H58BrN10O6P. The summed E-state index contributed by atoms with van der Waals surface area (Å²) in [5.74, 6) is 0.222. The number of anilines is 5. The smallest absolute Gasteiger partial charge is 0.420 e. The molecule has 18 heteroatoms. The van der Waals surface area contributed by atoms with Crippen molar-refractivity contribution in [1.82, 2.24) is 35.5 Å². The van der Waals surface area contributed by atoms with Crippen LogP contribution < -0.4 is 47.3 Å². The molecule has 1 atom stereocenters. The normalized spacial score (nSPS) is 16.0. The van der Waals surface area contributed by atoms with Crippen molar-refractivity contribution < 1.29 is 23.3 Å². The molecule has 0 spiro atoms. The molecule has 2 fully saturated rings. The molecular weight excluding hydrogens is 923 g/mol. The molecule has 2 aliphatic heterocycles. The lowest BCUT2D eigenvalue weighted by Gasteiger charge is -2.35. The number of carbonyl (C=O) groups is 2. The summed E-state index contributed by atoms with van der Waals surface area (Å²) >= 11 is 3.62. The third-order valence-electron chi connectivity index (χ3n) is 12.4. The number of benzene rings is 3. The Kier molecular flexibility index (Phi) is 14.6. The summed E-state index contributed by atoms with van der Waals surface area (Å²) < 4.78 is 27.1. The van der Waals surface area contributed by atoms with Crippen molar-refractivity contribution in [3.63, 3.8) is 0 Å². The largest absolute Gasteiger partial charge is 0.494 e. The van der Waals surface area contributed by atoms with Crippen molar-refractivity contribution in [3.8, 4) is 5.75 Å². The Morgan fingerprint density at radius 1 is 0.924 bits per heavy atom. The van der Waals surface area contributed by atoms with Gasteiger partial charge in [-0.05, 0) is 128 Å². The van der Waals surface area contributed by atoms with E-state index < -0.39 is 24.8 Å². The Morgan fingerprint density at radius 2 is 1.74 bits per heavy atom. The van der Waals surface area contributed by atoms with Gasteiger partial charge in [-0.1, -0.05) is 26.0 Å². The Bertz CT molecular complexity index is 2870. The summed E-state index contributed by atoms with van der Waals surface area (Å²) in [4.78, 5) is 53.3. The number of oxazole rings is 1. The molecule has 2 aliphatic rings. The maximum atomic E-state index is 13.7. The van der Waals surface area contributed by atoms with Gasteiger partial charge in [-0.15, -0.1) is 0 Å². The first-order valence-corrected chi connectivity index (χ1v) is 26.1. The van der Waals surface area contributed by atoms with Gasteiger partial charge >= 0.3 is 5.76 Å². The van der Waals surface area contributed by atoms with Gasteiger partial charge in [-0.25, -0.2) is 9.78 Å². The minimum absolute atomic E-state index is 0.188. The topological polar surface area (TPSA) is 198 Å². The number of pyridine rings is 1. The predicted molar refractivity (Wildman–Crippen MR) is 265 cm³/mol. The number of hydrogen-bond donors (Lipinski definition) is 5. The number of rotatable bonds is 18. The quantitative estimate of drug-likeness (QED) is 0.0326. The molecule has 2 amide bonds. The van der Waals surface area contributed by atoms with Gasteiger partial charge in [0.15, 0.2) is 5.58 Å². The fourth-order valence-electron chi connectivity index (χ4n) is 9.02. The Labute approximate surface area is 392 Å². The van der Waals surface area contributed by atoms with E-state index >= 15 is 0 Å². The average molecular weight is 982 g/mol. The van der Waals surface area contributed by atoms with Gasteiger partial charge in [0.2, 0.25) is 17.8 Å². The van der Waals surface area contributed by atoms with Crippen molar-refractivity contribution >= 4 is 91.0 Å². The molecule has 16 nitrogen and oxygen atoms in total. The van der Waals surface area contributed by atoms with Crippen LogP contribution in [0.4, 0.5) is 28.8 Å². The van der Waals surface area contributed by atoms with Gasteiger partial charge in [0, 0.05) is 73.0 Å². The highest BCUT2D eigenvalue weighted by Gasteiger charge is 2.31. The number of fused-ring (bicyclic) bond motifs is 2. The number of aromatic nitrogens is 4. The third kappa shape index (κ3) is 10.5. The lowest BCUT2D eigenvalue weighted by molar-refractivity contribution is -0.135. The molecule has 8 rings (SSSR count). The van der Waals surface area contributed by atoms with Gasteiger partial charge in [-0.2, -0.15) is 4.98 Å². The second-order valence-corrected chi connectivity index (χ2v) is 21.3. The van der Waals surface area contributed by atoms with E-state index in [-0.39, 0.29) is 18.7 Å². The monoisotopic (exact) mass is 980 g/mol. The van der Waals surface area contributed by atoms with Crippen LogP contribution in [0.5, 0.6) is 5.75 Å². The molecule has 348 valence electrons. The maximum absolute atomic E-state index is 13.7. The van der Waals surface area contributed by atoms with Crippen LogP contribution in [0, 0.1) is 0 Å². The fraction of sp³-hybridized carbons (Fsp3) is 0.417. The number of methoxy groups -OCH3 is 1. The van der Waals surface area contributed by atoms with E-state index in [4.69, 9.17) is 19.1 Å². The fourth-order valence-corrected chi connectivity index (χ4v) is 10.8. The van der Waals surface area contributed by atoms with E-state index in [9.17, 15) is 18.9 Å². The maximum Gasteiger partial charge on any atom is 0.420 e. The van der Waals surface area contributed by atoms with Gasteiger partial charge in [0.05, 0.1) is 34.0 Å². The van der Waals surface area contributed by atoms with Crippen LogP contribution in [0.2, 0.25) is 0 Å². The second kappa shape index (κ2) is 20.5. The molecule has 5 heterocycles. The molecule has 2 saturated heterocycles. The van der Waals surface area contributed by atoms with E-state index in [1.165, 1.54) is 15.8 Å². The molecule has 3 aromatic heterocycles. The van der Waals surface area contributed by atoms with Gasteiger partial charge in [0.25, 0.3) is 0 Å². The highest BCUT2D eigenvalue weighted by Crippen LogP contribution is 2.42. The number of imide groups is 1. The highest BCUT2D eigenvalue weighted by molar-refractivity contribution is 9.10. The Hall–Kier alpha value is -5.61. The first-order chi connectivity index (χ1) is 31.8. The van der Waals surface area contributed by atoms with Gasteiger partial charge < -0.3 is 39.9 Å². The lowest BCUT2D eigenvalue weighted by Crippen LogP contribution is -2.44. The van der Waals surface area contributed by atoms with E-state index in [2.05, 4.69) is 78.4 Å². The molecule has 66 heavy (non-hydrogen) atoms. The molecule has 0 bridgehead atoms. The molecule has 0 aliphatic carbocycles. The molecule has 6 aromatic rings. The van der Waals surface area contributed by atoms with E-state index in [1.54, 1.807) is 26.6 Å². The molecule has 5 N–H and O–H groups in total. The van der Waals surface area contributed by atoms with E-state index in [0.29, 0.717) is 44.8 Å². The van der Waals surface area contributed by atoms with Crippen molar-refractivity contribution in [2.24, 2.45) is 0 Å². The van der Waals surface area contributed by atoms with Crippen molar-refractivity contribution in [2.45, 2.75) is 77.3 Å². The Morgan fingerprint density at radius 3 is 2.48 bits per heavy atom. The summed E-state index contributed by atoms with van der Waals surface area (Å²) in [6.45, 7) is 12.2. The second-order valence-electron chi connectivity index (χ2n) is 17.3. The van der Waals surface area contributed by atoms with Crippen LogP contribution in [-0.4, -0.2) is 90.5 Å². The summed E-state index contributed by atoms with van der Waals surface area (Å²) in [5, 5.41) is 18.0. The molecule has 0 saturated carbocycles. The first kappa shape index (κ1) is 46.9. The zero-order valence-corrected chi connectivity index (χ0v) is 40.6. The average Bonchev–Trinajstić information content (AvgIpc) is 3.63. The van der Waals surface area contributed by atoms with Crippen molar-refractivity contribution in [3.05, 3.63) is 92.6 Å². The minimum Gasteiger partial charge on any atom is -0.494 e. The van der Waals surface area contributed by atoms with E-state index in [0.717, 1.165) is 104 Å². The SMILES string of the molecule is CCc1ccc2c(P(C)(C)=O)c(Nc3nc(Nc4cc(CC)c(N5CCC(NCCNCCCc6ccc7c(c6)oc(=O)n7C6CCC(=O)NC6=O)CC5)cc4OC)ncc3Br)ccc2n1. The molecule has 0 radical (unpaired) electrons. The number of aryl methyl sites for hydroxylation is 3. The first-order valence-electron chi connectivity index (χ1n) is 22.8. The van der Waals surface area contributed by atoms with Crippen LogP contribution in [-0.2, 0) is 33.4 Å². The van der Waals surface area contributed by atoms with Gasteiger partial charge in [-0.3, -0.25) is 24.5 Å². The van der Waals surface area contributed by atoms with Crippen LogP contribution >= 0.6 is 23.1 Å². The van der Waals surface area contributed by atoms with Crippen LogP contribution in [0.3, 0.4) is 0 Å². The lowest BCUT2D eigenvalue weighted by atomic mass is 10.0. The Balaban J connectivity index is 0.820. The van der Waals surface area contributed by atoms with Crippen LogP contribution in [0.15, 0.2) is 74.5 Å². The number of ether oxygens (including phenoxy) is 1. The van der Waals surface area contributed by atoms with Crippen LogP contribution in [0.1, 0.15) is 68.8 Å². The number of carbonyl (C=O) groups excluding carboxylic acids is 2. The summed E-state index contributed by atoms with van der Waals surface area (Å²) in [5.41, 5.74) is 7.70. The van der Waals surface area contributed by atoms with Crippen LogP contribution in [0.25, 0.3) is 22.0 Å². The van der Waals surface area contributed by atoms with Gasteiger partial charge in [0.1, 0.15) is 24.8 Å². The van der Waals surface area contributed by atoms with Crippen molar-refractivity contribution in [2.75, 3.05) is 68.7 Å². The standard InChI is InChI=1S/C48H58BrN10O6P/c1-6-30-26-37(55-47-52-28-34(49)45(57-47)54-36-14-13-35-33(44(36)66(4,5)63)12-11-31(7-2)53-35)41(64-3)27-40(30)58-23-18-32(19-24-58)51-22-21-50-20-8-9-29-10-15-38-42(25-29)65-48(62)59(38)39-16-17-43(60)56-46(39)61/h10-15,25-28,32,39,50-51H,6-9,16-24H2,1-5H3,(H,56,60,61)(H2,52,54,55,57). The van der Waals surface area contributed by atoms with Crippen molar-refractivity contribution in [1.29, 1.82) is 0 Å². The molecule has 1 unspecified atom stereocenters. The molecule has 3 aromatic carbocycles. The number of hydrogen-bond acceptors (Lipinski definition) is 14. The minimum atomic E-state index is -2.74. The highest BCUT2D eigenvalue weighted by atomic mass is 79.9.